The Bertz CT molecular complexity index is 283. The Labute approximate surface area is 102 Å². The Morgan fingerprint density at radius 3 is 2.71 bits per heavy atom. The average Bonchev–Trinajstić information content (AvgIpc) is 2.20. The molecule has 2 atom stereocenters. The number of amides is 1. The molecule has 17 heavy (non-hydrogen) atoms. The van der Waals surface area contributed by atoms with Crippen molar-refractivity contribution in [1.82, 2.24) is 5.32 Å². The Kier molecular flexibility index (Phi) is 4.96. The molecule has 0 spiro atoms. The van der Waals surface area contributed by atoms with Crippen LogP contribution in [0, 0.1) is 5.41 Å². The molecule has 1 aliphatic heterocycles. The van der Waals surface area contributed by atoms with Crippen molar-refractivity contribution in [2.24, 2.45) is 5.41 Å². The van der Waals surface area contributed by atoms with E-state index >= 15 is 0 Å². The number of hydrogen-bond donors (Lipinski definition) is 1. The minimum absolute atomic E-state index is 0.108. The van der Waals surface area contributed by atoms with Gasteiger partial charge >= 0.3 is 6.09 Å². The minimum Gasteiger partial charge on any atom is -0.440 e. The van der Waals surface area contributed by atoms with Crippen LogP contribution in [-0.2, 0) is 14.2 Å². The molecule has 0 bridgehead atoms. The Morgan fingerprint density at radius 2 is 2.12 bits per heavy atom. The van der Waals surface area contributed by atoms with E-state index in [1.165, 1.54) is 7.05 Å². The molecule has 0 aromatic heterocycles. The molecule has 0 radical (unpaired) electrons. The summed E-state index contributed by atoms with van der Waals surface area (Å²) in [6, 6.07) is 0. The molecule has 0 aromatic rings. The van der Waals surface area contributed by atoms with Gasteiger partial charge in [-0.1, -0.05) is 26.8 Å². The molecule has 2 unspecified atom stereocenters. The summed E-state index contributed by atoms with van der Waals surface area (Å²) in [6.07, 6.45) is 2.48. The van der Waals surface area contributed by atoms with E-state index < -0.39 is 6.09 Å². The van der Waals surface area contributed by atoms with E-state index in [2.05, 4.69) is 5.32 Å². The zero-order valence-electron chi connectivity index (χ0n) is 10.9. The summed E-state index contributed by atoms with van der Waals surface area (Å²) in [7, 11) is 1.52. The van der Waals surface area contributed by atoms with Crippen LogP contribution < -0.4 is 5.32 Å². The highest BCUT2D eigenvalue weighted by molar-refractivity contribution is 5.67. The maximum Gasteiger partial charge on any atom is 0.407 e. The molecule has 0 saturated heterocycles. The zero-order chi connectivity index (χ0) is 12.9. The van der Waals surface area contributed by atoms with Crippen LogP contribution in [0.3, 0.4) is 0 Å². The smallest absolute Gasteiger partial charge is 0.407 e. The molecule has 5 heteroatoms. The molecule has 1 N–H and O–H groups in total. The molecule has 0 saturated carbocycles. The van der Waals surface area contributed by atoms with Crippen molar-refractivity contribution in [2.75, 3.05) is 20.3 Å². The van der Waals surface area contributed by atoms with Crippen molar-refractivity contribution >= 4 is 6.09 Å². The van der Waals surface area contributed by atoms with Crippen LogP contribution >= 0.6 is 0 Å². The molecule has 1 heterocycles. The van der Waals surface area contributed by atoms with Gasteiger partial charge in [0.05, 0.1) is 13.2 Å². The predicted molar refractivity (Wildman–Crippen MR) is 63.6 cm³/mol. The highest BCUT2D eigenvalue weighted by Crippen LogP contribution is 2.24. The monoisotopic (exact) mass is 243 g/mol. The number of hydrogen-bond acceptors (Lipinski definition) is 4. The van der Waals surface area contributed by atoms with Crippen LogP contribution in [0.2, 0.25) is 0 Å². The number of rotatable bonds is 1. The maximum atomic E-state index is 11.1. The van der Waals surface area contributed by atoms with Gasteiger partial charge in [0.2, 0.25) is 0 Å². The molecular formula is C12H21NO4. The molecule has 1 amide bonds. The van der Waals surface area contributed by atoms with E-state index in [9.17, 15) is 4.79 Å². The average molecular weight is 243 g/mol. The van der Waals surface area contributed by atoms with E-state index in [0.717, 1.165) is 0 Å². The van der Waals surface area contributed by atoms with E-state index in [1.54, 1.807) is 6.08 Å². The highest BCUT2D eigenvalue weighted by atomic mass is 16.7. The van der Waals surface area contributed by atoms with Crippen molar-refractivity contribution in [3.63, 3.8) is 0 Å². The highest BCUT2D eigenvalue weighted by Gasteiger charge is 2.28. The first kappa shape index (κ1) is 14.0. The largest absolute Gasteiger partial charge is 0.440 e. The van der Waals surface area contributed by atoms with Gasteiger partial charge in [0.25, 0.3) is 0 Å². The van der Waals surface area contributed by atoms with Gasteiger partial charge in [-0.25, -0.2) is 4.79 Å². The fourth-order valence-corrected chi connectivity index (χ4v) is 1.41. The molecule has 0 aliphatic carbocycles. The third-order valence-corrected chi connectivity index (χ3v) is 2.28. The Hall–Kier alpha value is -1.07. The van der Waals surface area contributed by atoms with Gasteiger partial charge in [0.1, 0.15) is 6.10 Å². The lowest BCUT2D eigenvalue weighted by molar-refractivity contribution is -0.199. The SMILES string of the molecule is CNC(=O)OC1/C=C/COC(C(C)(C)C)OC1. The van der Waals surface area contributed by atoms with Crippen LogP contribution in [0.25, 0.3) is 0 Å². The van der Waals surface area contributed by atoms with Gasteiger partial charge < -0.3 is 19.5 Å². The van der Waals surface area contributed by atoms with Gasteiger partial charge in [-0.3, -0.25) is 0 Å². The summed E-state index contributed by atoms with van der Waals surface area (Å²) in [5.41, 5.74) is -0.108. The predicted octanol–water partition coefficient (Wildman–Crippen LogP) is 1.69. The van der Waals surface area contributed by atoms with E-state index in [4.69, 9.17) is 14.2 Å². The normalized spacial score (nSPS) is 27.8. The molecule has 0 fully saturated rings. The standard InChI is InChI=1S/C12H21NO4/c1-12(2,3)10-15-7-5-6-9(8-16-10)17-11(14)13-4/h5-6,9-10H,7-8H2,1-4H3,(H,13,14)/b6-5+. The molecule has 1 rings (SSSR count). The summed E-state index contributed by atoms with van der Waals surface area (Å²) in [6.45, 7) is 6.87. The first-order valence-corrected chi connectivity index (χ1v) is 5.71. The number of ether oxygens (including phenoxy) is 3. The van der Waals surface area contributed by atoms with Crippen LogP contribution in [0.1, 0.15) is 20.8 Å². The first-order valence-electron chi connectivity index (χ1n) is 5.71. The molecule has 0 aromatic carbocycles. The summed E-state index contributed by atoms with van der Waals surface area (Å²) in [5, 5.41) is 2.41. The second-order valence-electron chi connectivity index (χ2n) is 4.99. The zero-order valence-corrected chi connectivity index (χ0v) is 10.9. The van der Waals surface area contributed by atoms with E-state index in [0.29, 0.717) is 13.2 Å². The van der Waals surface area contributed by atoms with E-state index in [1.807, 2.05) is 26.8 Å². The van der Waals surface area contributed by atoms with Crippen molar-refractivity contribution in [3.05, 3.63) is 12.2 Å². The van der Waals surface area contributed by atoms with E-state index in [-0.39, 0.29) is 17.8 Å². The van der Waals surface area contributed by atoms with Gasteiger partial charge in [0.15, 0.2) is 6.29 Å². The van der Waals surface area contributed by atoms with Crippen molar-refractivity contribution < 1.29 is 19.0 Å². The van der Waals surface area contributed by atoms with Crippen molar-refractivity contribution in [2.45, 2.75) is 33.2 Å². The molecule has 1 aliphatic rings. The first-order chi connectivity index (χ1) is 7.93. The minimum atomic E-state index is -0.461. The Morgan fingerprint density at radius 1 is 1.41 bits per heavy atom. The number of nitrogens with one attached hydrogen (secondary N) is 1. The van der Waals surface area contributed by atoms with Crippen molar-refractivity contribution in [3.8, 4) is 0 Å². The molecule has 5 nitrogen and oxygen atoms in total. The lowest BCUT2D eigenvalue weighted by Crippen LogP contribution is -2.37. The number of alkyl carbamates (subject to hydrolysis) is 1. The molecular weight excluding hydrogens is 222 g/mol. The van der Waals surface area contributed by atoms with Gasteiger partial charge in [0, 0.05) is 12.5 Å². The second-order valence-corrected chi connectivity index (χ2v) is 4.99. The molecule has 98 valence electrons. The topological polar surface area (TPSA) is 56.8 Å². The van der Waals surface area contributed by atoms with Crippen LogP contribution in [-0.4, -0.2) is 38.7 Å². The van der Waals surface area contributed by atoms with Crippen LogP contribution in [0.5, 0.6) is 0 Å². The third-order valence-electron chi connectivity index (χ3n) is 2.28. The lowest BCUT2D eigenvalue weighted by atomic mass is 9.96. The Balaban J connectivity index is 2.56. The quantitative estimate of drug-likeness (QED) is 0.712. The van der Waals surface area contributed by atoms with Crippen LogP contribution in [0.15, 0.2) is 12.2 Å². The van der Waals surface area contributed by atoms with Gasteiger partial charge in [-0.05, 0) is 6.08 Å². The van der Waals surface area contributed by atoms with Crippen molar-refractivity contribution in [1.29, 1.82) is 0 Å². The summed E-state index contributed by atoms with van der Waals surface area (Å²) in [4.78, 5) is 11.1. The number of carbonyl (C=O) groups is 1. The fourth-order valence-electron chi connectivity index (χ4n) is 1.41. The van der Waals surface area contributed by atoms with Gasteiger partial charge in [-0.2, -0.15) is 0 Å². The lowest BCUT2D eigenvalue weighted by Gasteiger charge is -2.32. The fraction of sp³-hybridized carbons (Fsp3) is 0.750. The summed E-state index contributed by atoms with van der Waals surface area (Å²) < 4.78 is 16.3. The third kappa shape index (κ3) is 4.75. The second kappa shape index (κ2) is 6.02. The van der Waals surface area contributed by atoms with Crippen LogP contribution in [0.4, 0.5) is 4.79 Å². The summed E-state index contributed by atoms with van der Waals surface area (Å²) in [5.74, 6) is 0. The van der Waals surface area contributed by atoms with Gasteiger partial charge in [-0.15, -0.1) is 0 Å². The number of carbonyl (C=O) groups excluding carboxylic acids is 1. The maximum absolute atomic E-state index is 11.1. The summed E-state index contributed by atoms with van der Waals surface area (Å²) >= 11 is 0.